The second-order valence-electron chi connectivity index (χ2n) is 6.53. The zero-order valence-electron chi connectivity index (χ0n) is 15.5. The van der Waals surface area contributed by atoms with Gasteiger partial charge in [-0.1, -0.05) is 18.2 Å². The molecule has 1 aliphatic heterocycles. The number of sulfonamides is 1. The summed E-state index contributed by atoms with van der Waals surface area (Å²) in [5.41, 5.74) is 0.317. The average molecular weight is 419 g/mol. The molecule has 0 aromatic heterocycles. The topological polar surface area (TPSA) is 128 Å². The molecule has 3 rings (SSSR count). The second-order valence-corrected chi connectivity index (χ2v) is 8.30. The Morgan fingerprint density at radius 3 is 2.59 bits per heavy atom. The lowest BCUT2D eigenvalue weighted by molar-refractivity contribution is -0.385. The Morgan fingerprint density at radius 2 is 1.83 bits per heavy atom. The number of benzene rings is 2. The van der Waals surface area contributed by atoms with E-state index in [0.717, 1.165) is 6.07 Å². The van der Waals surface area contributed by atoms with Gasteiger partial charge in [-0.2, -0.15) is 0 Å². The smallest absolute Gasteiger partial charge is 0.270 e. The number of carbonyl (C=O) groups is 1. The zero-order valence-corrected chi connectivity index (χ0v) is 16.4. The first-order chi connectivity index (χ1) is 13.9. The number of ketones is 1. The van der Waals surface area contributed by atoms with E-state index in [1.54, 1.807) is 18.2 Å². The monoisotopic (exact) mass is 419 g/mol. The molecule has 1 unspecified atom stereocenters. The van der Waals surface area contributed by atoms with Crippen LogP contribution in [0.25, 0.3) is 0 Å². The fraction of sp³-hybridized carbons (Fsp3) is 0.316. The minimum absolute atomic E-state index is 0.0437. The van der Waals surface area contributed by atoms with Gasteiger partial charge in [-0.25, -0.2) is 13.1 Å². The maximum absolute atomic E-state index is 12.2. The van der Waals surface area contributed by atoms with E-state index in [2.05, 4.69) is 10.0 Å². The summed E-state index contributed by atoms with van der Waals surface area (Å²) in [6.07, 6.45) is 0.714. The number of unbranched alkanes of at least 4 members (excludes halogenated alkanes) is 1. The van der Waals surface area contributed by atoms with Gasteiger partial charge in [0.05, 0.1) is 15.4 Å². The number of nitrogens with one attached hydrogen (secondary N) is 2. The molecule has 0 aliphatic carbocycles. The van der Waals surface area contributed by atoms with Gasteiger partial charge in [-0.05, 0) is 37.6 Å². The lowest BCUT2D eigenvalue weighted by Gasteiger charge is -2.11. The number of fused-ring (bicyclic) bond motifs is 1. The summed E-state index contributed by atoms with van der Waals surface area (Å²) in [5.74, 6) is 0.553. The van der Waals surface area contributed by atoms with E-state index in [9.17, 15) is 23.3 Å². The van der Waals surface area contributed by atoms with E-state index in [0.29, 0.717) is 37.2 Å². The minimum Gasteiger partial charge on any atom is -0.480 e. The van der Waals surface area contributed by atoms with Gasteiger partial charge in [0.1, 0.15) is 5.75 Å². The largest absolute Gasteiger partial charge is 0.480 e. The third kappa shape index (κ3) is 5.17. The first-order valence-corrected chi connectivity index (χ1v) is 10.6. The number of rotatable bonds is 10. The van der Waals surface area contributed by atoms with Crippen LogP contribution in [0.4, 0.5) is 5.69 Å². The number of non-ortho nitro benzene ring substituents is 1. The van der Waals surface area contributed by atoms with Crippen LogP contribution in [0.5, 0.6) is 5.75 Å². The fourth-order valence-corrected chi connectivity index (χ4v) is 4.06. The summed E-state index contributed by atoms with van der Waals surface area (Å²) >= 11 is 0. The molecular formula is C19H21N3O6S. The molecule has 0 radical (unpaired) electrons. The number of Topliss-reactive ketones (excluding diaryl/α,β-unsaturated/α-hetero) is 1. The molecule has 2 aromatic carbocycles. The van der Waals surface area contributed by atoms with Crippen molar-refractivity contribution in [3.8, 4) is 5.75 Å². The predicted molar refractivity (Wildman–Crippen MR) is 106 cm³/mol. The number of carbonyl (C=O) groups excluding carboxylic acids is 1. The van der Waals surface area contributed by atoms with Crippen LogP contribution in [0.1, 0.15) is 23.2 Å². The number of hydrogen-bond donors (Lipinski definition) is 2. The number of nitro benzene ring substituents is 1. The lowest BCUT2D eigenvalue weighted by Crippen LogP contribution is -2.34. The summed E-state index contributed by atoms with van der Waals surface area (Å²) in [7, 11) is -3.80. The molecule has 0 saturated heterocycles. The van der Waals surface area contributed by atoms with Crippen LogP contribution in [-0.2, 0) is 10.0 Å². The number of ether oxygens (including phenoxy) is 1. The molecule has 1 heterocycles. The molecule has 0 fully saturated rings. The molecule has 2 aromatic rings. The molecule has 9 nitrogen and oxygen atoms in total. The number of nitro groups is 1. The highest BCUT2D eigenvalue weighted by molar-refractivity contribution is 7.89. The Balaban J connectivity index is 1.36. The number of hydrogen-bond acceptors (Lipinski definition) is 7. The molecule has 0 amide bonds. The standard InChI is InChI=1S/C19H21N3O6S/c23-19-16-8-1-2-9-17(16)28-18(19)13-20-10-3-4-11-21-29(26,27)15-7-5-6-14(12-15)22(24)25/h1-2,5-9,12,18,20-21H,3-4,10-11,13H2. The van der Waals surface area contributed by atoms with E-state index in [-0.39, 0.29) is 22.9 Å². The van der Waals surface area contributed by atoms with Gasteiger partial charge in [0, 0.05) is 25.2 Å². The van der Waals surface area contributed by atoms with Crippen LogP contribution in [0.15, 0.2) is 53.4 Å². The van der Waals surface area contributed by atoms with Crippen molar-refractivity contribution in [2.75, 3.05) is 19.6 Å². The van der Waals surface area contributed by atoms with Crippen LogP contribution in [0.3, 0.4) is 0 Å². The first kappa shape index (κ1) is 20.9. The van der Waals surface area contributed by atoms with Crippen molar-refractivity contribution in [2.45, 2.75) is 23.8 Å². The van der Waals surface area contributed by atoms with E-state index in [1.165, 1.54) is 18.2 Å². The predicted octanol–water partition coefficient (Wildman–Crippen LogP) is 1.89. The van der Waals surface area contributed by atoms with Crippen LogP contribution in [0.2, 0.25) is 0 Å². The van der Waals surface area contributed by atoms with Crippen molar-refractivity contribution in [1.29, 1.82) is 0 Å². The van der Waals surface area contributed by atoms with Gasteiger partial charge in [-0.15, -0.1) is 0 Å². The van der Waals surface area contributed by atoms with Crippen molar-refractivity contribution in [1.82, 2.24) is 10.0 Å². The quantitative estimate of drug-likeness (QED) is 0.342. The highest BCUT2D eigenvalue weighted by atomic mass is 32.2. The Kier molecular flexibility index (Phi) is 6.57. The van der Waals surface area contributed by atoms with Crippen LogP contribution < -0.4 is 14.8 Å². The Bertz CT molecular complexity index is 1010. The summed E-state index contributed by atoms with van der Waals surface area (Å²) in [6.45, 7) is 1.19. The third-order valence-corrected chi connectivity index (χ3v) is 5.91. The van der Waals surface area contributed by atoms with Gasteiger partial charge in [0.2, 0.25) is 15.8 Å². The van der Waals surface area contributed by atoms with Crippen molar-refractivity contribution < 1.29 is 22.9 Å². The number of nitrogens with zero attached hydrogens (tertiary/aromatic N) is 1. The molecule has 0 saturated carbocycles. The fourth-order valence-electron chi connectivity index (χ4n) is 2.95. The molecular weight excluding hydrogens is 398 g/mol. The van der Waals surface area contributed by atoms with Gasteiger partial charge < -0.3 is 10.1 Å². The molecule has 29 heavy (non-hydrogen) atoms. The van der Waals surface area contributed by atoms with Crippen molar-refractivity contribution in [2.24, 2.45) is 0 Å². The maximum Gasteiger partial charge on any atom is 0.270 e. The minimum atomic E-state index is -3.80. The van der Waals surface area contributed by atoms with Crippen molar-refractivity contribution in [3.63, 3.8) is 0 Å². The Morgan fingerprint density at radius 1 is 1.07 bits per heavy atom. The van der Waals surface area contributed by atoms with Crippen molar-refractivity contribution in [3.05, 3.63) is 64.2 Å². The molecule has 1 aliphatic rings. The molecule has 1 atom stereocenters. The first-order valence-electron chi connectivity index (χ1n) is 9.13. The van der Waals surface area contributed by atoms with Gasteiger partial charge in [-0.3, -0.25) is 14.9 Å². The summed E-state index contributed by atoms with van der Waals surface area (Å²) in [5, 5.41) is 13.9. The SMILES string of the molecule is O=C1c2ccccc2OC1CNCCCCNS(=O)(=O)c1cccc([N+](=O)[O-])c1. The maximum atomic E-state index is 12.2. The summed E-state index contributed by atoms with van der Waals surface area (Å²) in [6, 6.07) is 12.0. The van der Waals surface area contributed by atoms with Gasteiger partial charge >= 0.3 is 0 Å². The van der Waals surface area contributed by atoms with Crippen LogP contribution >= 0.6 is 0 Å². The molecule has 0 bridgehead atoms. The average Bonchev–Trinajstić information content (AvgIpc) is 3.03. The van der Waals surface area contributed by atoms with E-state index in [4.69, 9.17) is 4.74 Å². The normalized spacial score (nSPS) is 15.7. The van der Waals surface area contributed by atoms with E-state index >= 15 is 0 Å². The van der Waals surface area contributed by atoms with E-state index in [1.807, 2.05) is 6.07 Å². The van der Waals surface area contributed by atoms with Crippen LogP contribution in [0, 0.1) is 10.1 Å². The lowest BCUT2D eigenvalue weighted by atomic mass is 10.1. The van der Waals surface area contributed by atoms with Crippen molar-refractivity contribution >= 4 is 21.5 Å². The third-order valence-electron chi connectivity index (χ3n) is 4.46. The second kappa shape index (κ2) is 9.12. The van der Waals surface area contributed by atoms with E-state index < -0.39 is 21.1 Å². The highest BCUT2D eigenvalue weighted by Gasteiger charge is 2.31. The number of para-hydroxylation sites is 1. The Labute approximate surface area is 168 Å². The highest BCUT2D eigenvalue weighted by Crippen LogP contribution is 2.27. The Hall–Kier alpha value is -2.82. The zero-order chi connectivity index (χ0) is 20.9. The molecule has 2 N–H and O–H groups in total. The van der Waals surface area contributed by atoms with Gasteiger partial charge in [0.25, 0.3) is 5.69 Å². The molecule has 154 valence electrons. The summed E-state index contributed by atoms with van der Waals surface area (Å²) in [4.78, 5) is 22.2. The molecule has 10 heteroatoms. The van der Waals surface area contributed by atoms with Crippen LogP contribution in [-0.4, -0.2) is 44.9 Å². The van der Waals surface area contributed by atoms with Gasteiger partial charge in [0.15, 0.2) is 6.10 Å². The summed E-state index contributed by atoms with van der Waals surface area (Å²) < 4.78 is 32.5. The molecule has 0 spiro atoms.